The summed E-state index contributed by atoms with van der Waals surface area (Å²) in [6.45, 7) is 3.62. The van der Waals surface area contributed by atoms with Crippen LogP contribution in [-0.4, -0.2) is 16.7 Å². The third kappa shape index (κ3) is 4.69. The number of benzene rings is 1. The van der Waals surface area contributed by atoms with Gasteiger partial charge in [-0.25, -0.2) is 0 Å². The lowest BCUT2D eigenvalue weighted by Crippen LogP contribution is -2.50. The average molecular weight is 307 g/mol. The first-order valence-corrected chi connectivity index (χ1v) is 7.06. The Kier molecular flexibility index (Phi) is 5.34. The van der Waals surface area contributed by atoms with Crippen molar-refractivity contribution < 1.29 is 4.79 Å². The van der Waals surface area contributed by atoms with Crippen LogP contribution in [0.15, 0.2) is 23.1 Å². The summed E-state index contributed by atoms with van der Waals surface area (Å²) in [6, 6.07) is 5.33. The number of halogens is 2. The van der Waals surface area contributed by atoms with Crippen LogP contribution in [-0.2, 0) is 4.79 Å². The van der Waals surface area contributed by atoms with Crippen LogP contribution in [0.25, 0.3) is 0 Å². The van der Waals surface area contributed by atoms with Crippen LogP contribution in [0.1, 0.15) is 20.3 Å². The van der Waals surface area contributed by atoms with Crippen molar-refractivity contribution in [2.45, 2.75) is 36.0 Å². The van der Waals surface area contributed by atoms with Gasteiger partial charge in [0.25, 0.3) is 0 Å². The molecule has 0 bridgehead atoms. The first-order chi connectivity index (χ1) is 8.20. The van der Waals surface area contributed by atoms with Crippen molar-refractivity contribution in [1.29, 1.82) is 0 Å². The van der Waals surface area contributed by atoms with Crippen LogP contribution in [0.4, 0.5) is 0 Å². The Labute approximate surface area is 121 Å². The van der Waals surface area contributed by atoms with E-state index in [0.717, 1.165) is 4.90 Å². The van der Waals surface area contributed by atoms with E-state index in [9.17, 15) is 4.79 Å². The maximum atomic E-state index is 11.2. The molecule has 3 nitrogen and oxygen atoms in total. The molecule has 1 rings (SSSR count). The molecule has 1 aromatic carbocycles. The second kappa shape index (κ2) is 6.15. The van der Waals surface area contributed by atoms with Crippen molar-refractivity contribution in [3.05, 3.63) is 28.2 Å². The van der Waals surface area contributed by atoms with Crippen molar-refractivity contribution in [3.63, 3.8) is 0 Å². The van der Waals surface area contributed by atoms with Gasteiger partial charge in [-0.05, 0) is 31.5 Å². The monoisotopic (exact) mass is 306 g/mol. The molecule has 2 unspecified atom stereocenters. The van der Waals surface area contributed by atoms with Gasteiger partial charge in [-0.15, -0.1) is 11.8 Å². The van der Waals surface area contributed by atoms with Gasteiger partial charge < -0.3 is 11.5 Å². The highest BCUT2D eigenvalue weighted by atomic mass is 35.5. The molecule has 0 fully saturated rings. The smallest absolute Gasteiger partial charge is 0.237 e. The number of nitrogens with two attached hydrogens (primary N) is 2. The predicted molar refractivity (Wildman–Crippen MR) is 78.2 cm³/mol. The molecule has 6 heteroatoms. The third-order valence-electron chi connectivity index (χ3n) is 2.45. The van der Waals surface area contributed by atoms with Crippen LogP contribution in [0.5, 0.6) is 0 Å². The normalized spacial score (nSPS) is 16.1. The average Bonchev–Trinajstić information content (AvgIpc) is 2.13. The highest BCUT2D eigenvalue weighted by molar-refractivity contribution is 8.00. The second-order valence-corrected chi connectivity index (χ2v) is 6.90. The SMILES string of the molecule is CC(CC(C)(N)C(N)=O)Sc1cc(Cl)cc(Cl)c1. The Bertz CT molecular complexity index is 431. The molecule has 0 saturated carbocycles. The fraction of sp³-hybridized carbons (Fsp3) is 0.417. The predicted octanol–water partition coefficient (Wildman–Crippen LogP) is 3.07. The zero-order valence-corrected chi connectivity index (χ0v) is 12.6. The molecule has 1 amide bonds. The maximum absolute atomic E-state index is 11.2. The van der Waals surface area contributed by atoms with Gasteiger partial charge in [0.05, 0.1) is 5.54 Å². The molecule has 0 aliphatic heterocycles. The minimum absolute atomic E-state index is 0.127. The largest absolute Gasteiger partial charge is 0.368 e. The van der Waals surface area contributed by atoms with Crippen molar-refractivity contribution in [3.8, 4) is 0 Å². The Morgan fingerprint density at radius 1 is 1.39 bits per heavy atom. The molecular formula is C12H16Cl2N2OS. The Morgan fingerprint density at radius 3 is 2.33 bits per heavy atom. The van der Waals surface area contributed by atoms with Crippen LogP contribution < -0.4 is 11.5 Å². The number of primary amides is 1. The van der Waals surface area contributed by atoms with Gasteiger partial charge in [0.1, 0.15) is 0 Å². The van der Waals surface area contributed by atoms with E-state index in [2.05, 4.69) is 0 Å². The molecule has 0 spiro atoms. The Balaban J connectivity index is 2.70. The number of carbonyl (C=O) groups excluding carboxylic acids is 1. The van der Waals surface area contributed by atoms with Crippen LogP contribution >= 0.6 is 35.0 Å². The van der Waals surface area contributed by atoms with E-state index in [4.69, 9.17) is 34.7 Å². The minimum Gasteiger partial charge on any atom is -0.368 e. The van der Waals surface area contributed by atoms with E-state index in [1.165, 1.54) is 0 Å². The summed E-state index contributed by atoms with van der Waals surface area (Å²) in [4.78, 5) is 12.1. The highest BCUT2D eigenvalue weighted by Crippen LogP contribution is 2.31. The quantitative estimate of drug-likeness (QED) is 0.821. The maximum Gasteiger partial charge on any atom is 0.237 e. The summed E-state index contributed by atoms with van der Waals surface area (Å²) in [6.07, 6.45) is 0.483. The van der Waals surface area contributed by atoms with Crippen molar-refractivity contribution in [2.24, 2.45) is 11.5 Å². The van der Waals surface area contributed by atoms with Gasteiger partial charge in [0.15, 0.2) is 0 Å². The number of hydrogen-bond acceptors (Lipinski definition) is 3. The lowest BCUT2D eigenvalue weighted by molar-refractivity contribution is -0.122. The number of thioether (sulfide) groups is 1. The first-order valence-electron chi connectivity index (χ1n) is 5.42. The molecule has 4 N–H and O–H groups in total. The first kappa shape index (κ1) is 15.6. The molecular weight excluding hydrogens is 291 g/mol. The van der Waals surface area contributed by atoms with E-state index in [-0.39, 0.29) is 5.25 Å². The summed E-state index contributed by atoms with van der Waals surface area (Å²) >= 11 is 13.4. The van der Waals surface area contributed by atoms with E-state index in [1.54, 1.807) is 24.8 Å². The number of hydrogen-bond donors (Lipinski definition) is 2. The second-order valence-electron chi connectivity index (χ2n) is 4.52. The molecule has 2 atom stereocenters. The molecule has 1 aromatic rings. The fourth-order valence-electron chi connectivity index (χ4n) is 1.57. The van der Waals surface area contributed by atoms with Crippen molar-refractivity contribution >= 4 is 40.9 Å². The van der Waals surface area contributed by atoms with Crippen LogP contribution in [0.3, 0.4) is 0 Å². The molecule has 0 saturated heterocycles. The number of amides is 1. The lowest BCUT2D eigenvalue weighted by atomic mass is 9.97. The molecule has 0 aliphatic rings. The Morgan fingerprint density at radius 2 is 1.89 bits per heavy atom. The summed E-state index contributed by atoms with van der Waals surface area (Å²) in [7, 11) is 0. The lowest BCUT2D eigenvalue weighted by Gasteiger charge is -2.24. The molecule has 0 radical (unpaired) electrons. The summed E-state index contributed by atoms with van der Waals surface area (Å²) < 4.78 is 0. The van der Waals surface area contributed by atoms with Gasteiger partial charge in [-0.2, -0.15) is 0 Å². The molecule has 0 aromatic heterocycles. The van der Waals surface area contributed by atoms with Crippen molar-refractivity contribution in [2.75, 3.05) is 0 Å². The molecule has 0 heterocycles. The van der Waals surface area contributed by atoms with Gasteiger partial charge >= 0.3 is 0 Å². The minimum atomic E-state index is -1.01. The van der Waals surface area contributed by atoms with E-state index in [1.807, 2.05) is 19.1 Å². The zero-order chi connectivity index (χ0) is 13.9. The zero-order valence-electron chi connectivity index (χ0n) is 10.2. The molecule has 100 valence electrons. The molecule has 0 aliphatic carbocycles. The van der Waals surface area contributed by atoms with E-state index < -0.39 is 11.4 Å². The van der Waals surface area contributed by atoms with Gasteiger partial charge in [-0.1, -0.05) is 30.1 Å². The molecule has 18 heavy (non-hydrogen) atoms. The van der Waals surface area contributed by atoms with Crippen LogP contribution in [0, 0.1) is 0 Å². The van der Waals surface area contributed by atoms with Gasteiger partial charge in [0, 0.05) is 20.2 Å². The third-order valence-corrected chi connectivity index (χ3v) is 3.96. The van der Waals surface area contributed by atoms with Gasteiger partial charge in [0.2, 0.25) is 5.91 Å². The topological polar surface area (TPSA) is 69.1 Å². The number of rotatable bonds is 5. The van der Waals surface area contributed by atoms with Crippen LogP contribution in [0.2, 0.25) is 10.0 Å². The van der Waals surface area contributed by atoms with E-state index >= 15 is 0 Å². The summed E-state index contributed by atoms with van der Waals surface area (Å²) in [5.74, 6) is -0.501. The van der Waals surface area contributed by atoms with Crippen molar-refractivity contribution in [1.82, 2.24) is 0 Å². The summed E-state index contributed by atoms with van der Waals surface area (Å²) in [5, 5.41) is 1.30. The summed E-state index contributed by atoms with van der Waals surface area (Å²) in [5.41, 5.74) is 10.1. The standard InChI is InChI=1S/C12H16Cl2N2OS/c1-7(6-12(2,16)11(15)17)18-10-4-8(13)3-9(14)5-10/h3-5,7H,6,16H2,1-2H3,(H2,15,17). The fourth-order valence-corrected chi connectivity index (χ4v) is 3.51. The Hall–Kier alpha value is -0.420. The number of carbonyl (C=O) groups is 1. The van der Waals surface area contributed by atoms with E-state index in [0.29, 0.717) is 16.5 Å². The van der Waals surface area contributed by atoms with Gasteiger partial charge in [-0.3, -0.25) is 4.79 Å². The highest BCUT2D eigenvalue weighted by Gasteiger charge is 2.28.